The number of carbonyl (C=O) groups is 2. The van der Waals surface area contributed by atoms with Gasteiger partial charge in [-0.05, 0) is 73.6 Å². The Labute approximate surface area is 168 Å². The number of benzene rings is 2. The zero-order valence-electron chi connectivity index (χ0n) is 17.4. The van der Waals surface area contributed by atoms with Gasteiger partial charge in [0.25, 0.3) is 0 Å². The summed E-state index contributed by atoms with van der Waals surface area (Å²) in [5, 5.41) is 0. The molecular formula is C25H30O3. The number of carbonyl (C=O) groups excluding carboxylic acids is 2. The van der Waals surface area contributed by atoms with Gasteiger partial charge in [0.1, 0.15) is 6.29 Å². The lowest BCUT2D eigenvalue weighted by Crippen LogP contribution is -2.08. The summed E-state index contributed by atoms with van der Waals surface area (Å²) in [6.45, 7) is 8.62. The van der Waals surface area contributed by atoms with Gasteiger partial charge in [-0.25, -0.2) is 4.79 Å². The first-order valence-electron chi connectivity index (χ1n) is 9.95. The molecule has 148 valence electrons. The molecule has 0 bridgehead atoms. The molecule has 0 spiro atoms. The normalized spacial score (nSPS) is 11.7. The molecule has 3 heteroatoms. The first kappa shape index (κ1) is 21.6. The molecule has 0 fully saturated rings. The van der Waals surface area contributed by atoms with E-state index < -0.39 is 0 Å². The number of unbranched alkanes of at least 4 members (excludes halogenated alkanes) is 1. The monoisotopic (exact) mass is 378 g/mol. The molecule has 0 amide bonds. The number of esters is 1. The van der Waals surface area contributed by atoms with Crippen molar-refractivity contribution in [1.29, 1.82) is 0 Å². The smallest absolute Gasteiger partial charge is 0.338 e. The van der Waals surface area contributed by atoms with Crippen molar-refractivity contribution in [2.24, 2.45) is 0 Å². The summed E-state index contributed by atoms with van der Waals surface area (Å²) in [6.07, 6.45) is 4.28. The van der Waals surface area contributed by atoms with Crippen molar-refractivity contribution in [2.45, 2.75) is 53.4 Å². The number of allylic oxidation sites excluding steroid dienone is 1. The SMILES string of the molecule is CCCC/C(=C(/C=O)CCOC(=O)c1ccccc1)c1c(C)cc(C)cc1C. The van der Waals surface area contributed by atoms with Gasteiger partial charge >= 0.3 is 5.97 Å². The number of hydrogen-bond donors (Lipinski definition) is 0. The Kier molecular flexibility index (Phi) is 8.19. The summed E-state index contributed by atoms with van der Waals surface area (Å²) in [7, 11) is 0. The van der Waals surface area contributed by atoms with Gasteiger partial charge in [-0.3, -0.25) is 4.79 Å². The molecule has 2 aromatic carbocycles. The number of ether oxygens (including phenoxy) is 1. The van der Waals surface area contributed by atoms with E-state index in [9.17, 15) is 9.59 Å². The van der Waals surface area contributed by atoms with Crippen molar-refractivity contribution in [3.63, 3.8) is 0 Å². The van der Waals surface area contributed by atoms with Crippen LogP contribution in [-0.2, 0) is 9.53 Å². The highest BCUT2D eigenvalue weighted by Crippen LogP contribution is 2.31. The van der Waals surface area contributed by atoms with E-state index in [2.05, 4.69) is 39.8 Å². The molecule has 0 saturated heterocycles. The molecule has 28 heavy (non-hydrogen) atoms. The number of aldehydes is 1. The zero-order chi connectivity index (χ0) is 20.5. The Balaban J connectivity index is 2.25. The highest BCUT2D eigenvalue weighted by molar-refractivity contribution is 5.91. The third-order valence-electron chi connectivity index (χ3n) is 4.90. The van der Waals surface area contributed by atoms with E-state index in [4.69, 9.17) is 4.74 Å². The molecule has 0 radical (unpaired) electrons. The Bertz CT molecular complexity index is 824. The van der Waals surface area contributed by atoms with Crippen LogP contribution in [-0.4, -0.2) is 18.9 Å². The van der Waals surface area contributed by atoms with Gasteiger partial charge in [0, 0.05) is 6.42 Å². The molecule has 0 unspecified atom stereocenters. The molecule has 0 aliphatic rings. The van der Waals surface area contributed by atoms with Crippen molar-refractivity contribution >= 4 is 17.8 Å². The molecule has 0 heterocycles. The predicted molar refractivity (Wildman–Crippen MR) is 115 cm³/mol. The van der Waals surface area contributed by atoms with E-state index in [0.29, 0.717) is 12.0 Å². The molecule has 2 aromatic rings. The minimum atomic E-state index is -0.358. The van der Waals surface area contributed by atoms with Crippen LogP contribution in [0.5, 0.6) is 0 Å². The maximum absolute atomic E-state index is 12.1. The molecule has 0 saturated carbocycles. The maximum atomic E-state index is 12.1. The topological polar surface area (TPSA) is 43.4 Å². The van der Waals surface area contributed by atoms with Crippen molar-refractivity contribution < 1.29 is 14.3 Å². The van der Waals surface area contributed by atoms with Gasteiger partial charge in [0.15, 0.2) is 0 Å². The minimum absolute atomic E-state index is 0.196. The van der Waals surface area contributed by atoms with Gasteiger partial charge in [-0.2, -0.15) is 0 Å². The highest BCUT2D eigenvalue weighted by Gasteiger charge is 2.15. The molecule has 0 aromatic heterocycles. The lowest BCUT2D eigenvalue weighted by molar-refractivity contribution is -0.105. The van der Waals surface area contributed by atoms with Crippen molar-refractivity contribution in [2.75, 3.05) is 6.61 Å². The van der Waals surface area contributed by atoms with E-state index in [0.717, 1.165) is 42.3 Å². The predicted octanol–water partition coefficient (Wildman–Crippen LogP) is 6.00. The van der Waals surface area contributed by atoms with Gasteiger partial charge in [0.05, 0.1) is 12.2 Å². The van der Waals surface area contributed by atoms with Crippen molar-refractivity contribution in [3.05, 3.63) is 75.9 Å². The van der Waals surface area contributed by atoms with Crippen LogP contribution in [0.4, 0.5) is 0 Å². The Hall–Kier alpha value is -2.68. The molecule has 2 rings (SSSR count). The highest BCUT2D eigenvalue weighted by atomic mass is 16.5. The fraction of sp³-hybridized carbons (Fsp3) is 0.360. The Morgan fingerprint density at radius 3 is 2.21 bits per heavy atom. The fourth-order valence-corrected chi connectivity index (χ4v) is 3.65. The van der Waals surface area contributed by atoms with Crippen molar-refractivity contribution in [1.82, 2.24) is 0 Å². The number of aryl methyl sites for hydroxylation is 3. The van der Waals surface area contributed by atoms with E-state index in [1.54, 1.807) is 24.3 Å². The van der Waals surface area contributed by atoms with Gasteiger partial charge in [-0.15, -0.1) is 0 Å². The summed E-state index contributed by atoms with van der Waals surface area (Å²) in [4.78, 5) is 24.1. The summed E-state index contributed by atoms with van der Waals surface area (Å²) < 4.78 is 5.40. The van der Waals surface area contributed by atoms with Crippen LogP contribution in [0, 0.1) is 20.8 Å². The summed E-state index contributed by atoms with van der Waals surface area (Å²) >= 11 is 0. The number of hydrogen-bond acceptors (Lipinski definition) is 3. The summed E-state index contributed by atoms with van der Waals surface area (Å²) in [6, 6.07) is 13.2. The zero-order valence-corrected chi connectivity index (χ0v) is 17.4. The third-order valence-corrected chi connectivity index (χ3v) is 4.90. The largest absolute Gasteiger partial charge is 0.462 e. The Morgan fingerprint density at radius 2 is 1.64 bits per heavy atom. The summed E-state index contributed by atoms with van der Waals surface area (Å²) in [5.74, 6) is -0.358. The third kappa shape index (κ3) is 5.66. The lowest BCUT2D eigenvalue weighted by atomic mass is 9.87. The average molecular weight is 379 g/mol. The first-order valence-corrected chi connectivity index (χ1v) is 9.95. The minimum Gasteiger partial charge on any atom is -0.462 e. The molecule has 0 atom stereocenters. The van der Waals surface area contributed by atoms with Crippen LogP contribution < -0.4 is 0 Å². The second-order valence-corrected chi connectivity index (χ2v) is 7.25. The second-order valence-electron chi connectivity index (χ2n) is 7.25. The van der Waals surface area contributed by atoms with Crippen LogP contribution in [0.1, 0.15) is 65.2 Å². The van der Waals surface area contributed by atoms with Crippen LogP contribution in [0.15, 0.2) is 48.0 Å². The first-order chi connectivity index (χ1) is 13.5. The second kappa shape index (κ2) is 10.6. The molecular weight excluding hydrogens is 348 g/mol. The maximum Gasteiger partial charge on any atom is 0.338 e. The average Bonchev–Trinajstić information content (AvgIpc) is 2.68. The van der Waals surface area contributed by atoms with E-state index >= 15 is 0 Å². The lowest BCUT2D eigenvalue weighted by Gasteiger charge is -2.18. The molecule has 3 nitrogen and oxygen atoms in total. The van der Waals surface area contributed by atoms with Gasteiger partial charge in [0.2, 0.25) is 0 Å². The fourth-order valence-electron chi connectivity index (χ4n) is 3.65. The molecule has 0 N–H and O–H groups in total. The van der Waals surface area contributed by atoms with Gasteiger partial charge < -0.3 is 4.74 Å². The van der Waals surface area contributed by atoms with Crippen LogP contribution in [0.2, 0.25) is 0 Å². The van der Waals surface area contributed by atoms with Crippen LogP contribution in [0.3, 0.4) is 0 Å². The van der Waals surface area contributed by atoms with E-state index in [-0.39, 0.29) is 12.6 Å². The standard InChI is InChI=1S/C25H30O3/c1-5-6-12-23(24-19(3)15-18(2)16-20(24)4)22(17-26)13-14-28-25(27)21-10-8-7-9-11-21/h7-11,15-17H,5-6,12-14H2,1-4H3/b23-22-. The van der Waals surface area contributed by atoms with E-state index in [1.807, 2.05) is 6.07 Å². The van der Waals surface area contributed by atoms with Crippen LogP contribution in [0.25, 0.3) is 5.57 Å². The Morgan fingerprint density at radius 1 is 1.00 bits per heavy atom. The quantitative estimate of drug-likeness (QED) is 0.305. The van der Waals surface area contributed by atoms with Crippen LogP contribution >= 0.6 is 0 Å². The molecule has 0 aliphatic carbocycles. The van der Waals surface area contributed by atoms with Crippen molar-refractivity contribution in [3.8, 4) is 0 Å². The van der Waals surface area contributed by atoms with E-state index in [1.165, 1.54) is 16.7 Å². The molecule has 0 aliphatic heterocycles. The van der Waals surface area contributed by atoms with Gasteiger partial charge in [-0.1, -0.05) is 49.2 Å². The summed E-state index contributed by atoms with van der Waals surface area (Å²) in [5.41, 5.74) is 7.09. The number of rotatable bonds is 9.